The van der Waals surface area contributed by atoms with E-state index in [-0.39, 0.29) is 0 Å². The summed E-state index contributed by atoms with van der Waals surface area (Å²) in [6, 6.07) is 4.53. The molecule has 96 valence electrons. The monoisotopic (exact) mass is 263 g/mol. The molecule has 0 spiro atoms. The van der Waals surface area contributed by atoms with Crippen molar-refractivity contribution < 1.29 is 0 Å². The Morgan fingerprint density at radius 1 is 1.44 bits per heavy atom. The van der Waals surface area contributed by atoms with Crippen molar-refractivity contribution in [3.63, 3.8) is 0 Å². The molecule has 2 atom stereocenters. The second-order valence-electron chi connectivity index (χ2n) is 5.12. The van der Waals surface area contributed by atoms with Crippen LogP contribution < -0.4 is 5.32 Å². The van der Waals surface area contributed by atoms with Crippen molar-refractivity contribution in [2.45, 2.75) is 38.8 Å². The van der Waals surface area contributed by atoms with E-state index in [1.807, 2.05) is 28.9 Å². The fourth-order valence-electron chi connectivity index (χ4n) is 2.53. The summed E-state index contributed by atoms with van der Waals surface area (Å²) in [5.41, 5.74) is 2.04. The molecule has 1 N–H and O–H groups in total. The van der Waals surface area contributed by atoms with E-state index in [2.05, 4.69) is 17.2 Å². The first-order valence-corrected chi connectivity index (χ1v) is 7.00. The van der Waals surface area contributed by atoms with Crippen LogP contribution in [0.15, 0.2) is 24.5 Å². The largest absolute Gasteiger partial charge is 0.308 e. The Bertz CT molecular complexity index is 549. The van der Waals surface area contributed by atoms with Crippen LogP contribution in [0.5, 0.6) is 0 Å². The van der Waals surface area contributed by atoms with Crippen LogP contribution in [-0.2, 0) is 6.54 Å². The summed E-state index contributed by atoms with van der Waals surface area (Å²) in [4.78, 5) is 4.57. The summed E-state index contributed by atoms with van der Waals surface area (Å²) in [6.45, 7) is 3.10. The first-order valence-electron chi connectivity index (χ1n) is 6.63. The number of rotatable bonds is 5. The van der Waals surface area contributed by atoms with Crippen LogP contribution in [0, 0.1) is 5.92 Å². The smallest absolute Gasteiger partial charge is 0.137 e. The highest BCUT2D eigenvalue weighted by Gasteiger charge is 2.35. The highest BCUT2D eigenvalue weighted by atomic mass is 35.5. The number of hydrogen-bond acceptors (Lipinski definition) is 2. The lowest BCUT2D eigenvalue weighted by molar-refractivity contribution is 0.595. The predicted molar refractivity (Wildman–Crippen MR) is 73.8 cm³/mol. The van der Waals surface area contributed by atoms with Crippen LogP contribution in [0.3, 0.4) is 0 Å². The summed E-state index contributed by atoms with van der Waals surface area (Å²) >= 11 is 5.96. The van der Waals surface area contributed by atoms with Crippen LogP contribution in [0.25, 0.3) is 5.65 Å². The van der Waals surface area contributed by atoms with Crippen molar-refractivity contribution in [3.8, 4) is 0 Å². The van der Waals surface area contributed by atoms with Gasteiger partial charge in [0, 0.05) is 25.0 Å². The molecule has 2 aromatic heterocycles. The van der Waals surface area contributed by atoms with Crippen molar-refractivity contribution >= 4 is 17.2 Å². The predicted octanol–water partition coefficient (Wildman–Crippen LogP) is 3.27. The third kappa shape index (κ3) is 2.52. The van der Waals surface area contributed by atoms with E-state index in [0.717, 1.165) is 28.8 Å². The molecule has 1 fully saturated rings. The minimum absolute atomic E-state index is 0.707. The van der Waals surface area contributed by atoms with Gasteiger partial charge in [-0.1, -0.05) is 24.9 Å². The van der Waals surface area contributed by atoms with Crippen molar-refractivity contribution in [2.24, 2.45) is 5.92 Å². The number of nitrogens with zero attached hydrogens (tertiary/aromatic N) is 2. The molecule has 1 saturated carbocycles. The molecule has 0 aromatic carbocycles. The molecule has 0 amide bonds. The molecule has 2 heterocycles. The highest BCUT2D eigenvalue weighted by molar-refractivity contribution is 6.30. The second kappa shape index (κ2) is 4.90. The van der Waals surface area contributed by atoms with Crippen LogP contribution in [0.2, 0.25) is 5.02 Å². The number of halogens is 1. The number of nitrogens with one attached hydrogen (secondary N) is 1. The van der Waals surface area contributed by atoms with Gasteiger partial charge in [-0.15, -0.1) is 0 Å². The molecule has 0 radical (unpaired) electrons. The van der Waals surface area contributed by atoms with Gasteiger partial charge < -0.3 is 9.72 Å². The zero-order valence-corrected chi connectivity index (χ0v) is 11.3. The molecule has 0 bridgehead atoms. The summed E-state index contributed by atoms with van der Waals surface area (Å²) in [6.07, 6.45) is 7.90. The third-order valence-electron chi connectivity index (χ3n) is 3.59. The van der Waals surface area contributed by atoms with Gasteiger partial charge in [0.1, 0.15) is 5.65 Å². The molecule has 2 aromatic rings. The van der Waals surface area contributed by atoms with E-state index in [9.17, 15) is 0 Å². The van der Waals surface area contributed by atoms with Crippen molar-refractivity contribution in [2.75, 3.05) is 0 Å². The maximum Gasteiger partial charge on any atom is 0.137 e. The minimum atomic E-state index is 0.707. The van der Waals surface area contributed by atoms with E-state index in [1.54, 1.807) is 0 Å². The quantitative estimate of drug-likeness (QED) is 0.897. The summed E-state index contributed by atoms with van der Waals surface area (Å²) < 4.78 is 1.98. The van der Waals surface area contributed by atoms with Gasteiger partial charge in [0.15, 0.2) is 0 Å². The SMILES string of the molecule is CCCC1CC1NCc1cn2cc(Cl)ccc2n1. The molecule has 18 heavy (non-hydrogen) atoms. The molecule has 3 nitrogen and oxygen atoms in total. The van der Waals surface area contributed by atoms with E-state index in [4.69, 9.17) is 11.6 Å². The first kappa shape index (κ1) is 12.0. The number of aromatic nitrogens is 2. The Kier molecular flexibility index (Phi) is 3.27. The van der Waals surface area contributed by atoms with Gasteiger partial charge in [0.25, 0.3) is 0 Å². The molecule has 2 unspecified atom stereocenters. The molecule has 0 saturated heterocycles. The van der Waals surface area contributed by atoms with Crippen molar-refractivity contribution in [3.05, 3.63) is 35.2 Å². The number of fused-ring (bicyclic) bond motifs is 1. The fraction of sp³-hybridized carbons (Fsp3) is 0.500. The van der Waals surface area contributed by atoms with Gasteiger partial charge in [-0.05, 0) is 30.9 Å². The van der Waals surface area contributed by atoms with Crippen LogP contribution >= 0.6 is 11.6 Å². The summed E-state index contributed by atoms with van der Waals surface area (Å²) in [5.74, 6) is 0.890. The third-order valence-corrected chi connectivity index (χ3v) is 3.82. The lowest BCUT2D eigenvalue weighted by atomic mass is 10.2. The molecule has 3 rings (SSSR count). The lowest BCUT2D eigenvalue weighted by Gasteiger charge is -2.00. The zero-order valence-electron chi connectivity index (χ0n) is 10.6. The average Bonchev–Trinajstić information content (AvgIpc) is 2.96. The Morgan fingerprint density at radius 2 is 2.33 bits per heavy atom. The van der Waals surface area contributed by atoms with E-state index < -0.39 is 0 Å². The molecule has 1 aliphatic carbocycles. The van der Waals surface area contributed by atoms with E-state index >= 15 is 0 Å². The minimum Gasteiger partial charge on any atom is -0.308 e. The molecule has 4 heteroatoms. The molecular formula is C14H18ClN3. The lowest BCUT2D eigenvalue weighted by Crippen LogP contribution is -2.17. The van der Waals surface area contributed by atoms with Crippen molar-refractivity contribution in [1.29, 1.82) is 0 Å². The maximum atomic E-state index is 5.96. The molecule has 1 aliphatic rings. The topological polar surface area (TPSA) is 29.3 Å². The van der Waals surface area contributed by atoms with Gasteiger partial charge in [-0.3, -0.25) is 0 Å². The Morgan fingerprint density at radius 3 is 3.17 bits per heavy atom. The van der Waals surface area contributed by atoms with E-state index in [0.29, 0.717) is 6.04 Å². The van der Waals surface area contributed by atoms with Crippen LogP contribution in [-0.4, -0.2) is 15.4 Å². The van der Waals surface area contributed by atoms with E-state index in [1.165, 1.54) is 19.3 Å². The van der Waals surface area contributed by atoms with Gasteiger partial charge in [-0.25, -0.2) is 4.98 Å². The Balaban J connectivity index is 1.61. The first-order chi connectivity index (χ1) is 8.76. The summed E-state index contributed by atoms with van der Waals surface area (Å²) in [7, 11) is 0. The Hall–Kier alpha value is -1.06. The zero-order chi connectivity index (χ0) is 12.5. The van der Waals surface area contributed by atoms with Crippen LogP contribution in [0.1, 0.15) is 31.9 Å². The fourth-order valence-corrected chi connectivity index (χ4v) is 2.69. The van der Waals surface area contributed by atoms with Gasteiger partial charge in [0.05, 0.1) is 10.7 Å². The van der Waals surface area contributed by atoms with Crippen LogP contribution in [0.4, 0.5) is 0 Å². The normalized spacial score (nSPS) is 22.6. The number of pyridine rings is 1. The molecule has 0 aliphatic heterocycles. The Labute approximate surface area is 112 Å². The second-order valence-corrected chi connectivity index (χ2v) is 5.55. The van der Waals surface area contributed by atoms with Gasteiger partial charge in [0.2, 0.25) is 0 Å². The van der Waals surface area contributed by atoms with Gasteiger partial charge in [-0.2, -0.15) is 0 Å². The maximum absolute atomic E-state index is 5.96. The average molecular weight is 264 g/mol. The van der Waals surface area contributed by atoms with Crippen molar-refractivity contribution in [1.82, 2.24) is 14.7 Å². The standard InChI is InChI=1S/C14H18ClN3/c1-2-3-10-6-13(10)16-7-12-9-18-8-11(15)4-5-14(18)17-12/h4-5,8-10,13,16H,2-3,6-7H2,1H3. The summed E-state index contributed by atoms with van der Waals surface area (Å²) in [5, 5.41) is 4.31. The number of imidazole rings is 1. The highest BCUT2D eigenvalue weighted by Crippen LogP contribution is 2.34. The molecular weight excluding hydrogens is 246 g/mol. The number of hydrogen-bond donors (Lipinski definition) is 1. The van der Waals surface area contributed by atoms with Gasteiger partial charge >= 0.3 is 0 Å².